The number of nitrogens with two attached hydrogens (primary N) is 1. The third-order valence-corrected chi connectivity index (χ3v) is 4.63. The summed E-state index contributed by atoms with van der Waals surface area (Å²) >= 11 is 3.62. The molecule has 0 heterocycles. The molecule has 0 bridgehead atoms. The highest BCUT2D eigenvalue weighted by molar-refractivity contribution is 9.10. The van der Waals surface area contributed by atoms with Gasteiger partial charge in [0, 0.05) is 4.47 Å². The minimum atomic E-state index is 0.702. The standard InChI is InChI=1S/C14H20BrNO/c1-17-13-5-6-14(15)12(8-13)7-10-3-2-4-11(10)9-16/h5-6,8,10-11H,2-4,7,9,16H2,1H3. The molecule has 2 unspecified atom stereocenters. The molecule has 1 aliphatic rings. The second kappa shape index (κ2) is 5.87. The molecule has 2 atom stereocenters. The van der Waals surface area contributed by atoms with Crippen LogP contribution < -0.4 is 10.5 Å². The van der Waals surface area contributed by atoms with Crippen molar-refractivity contribution in [3.8, 4) is 5.75 Å². The summed E-state index contributed by atoms with van der Waals surface area (Å²) in [7, 11) is 1.71. The number of hydrogen-bond donors (Lipinski definition) is 1. The van der Waals surface area contributed by atoms with Gasteiger partial charge in [0.05, 0.1) is 7.11 Å². The molecular formula is C14H20BrNO. The highest BCUT2D eigenvalue weighted by Gasteiger charge is 2.26. The molecule has 1 aromatic carbocycles. The molecule has 0 aromatic heterocycles. The smallest absolute Gasteiger partial charge is 0.119 e. The SMILES string of the molecule is COc1ccc(Br)c(CC2CCCC2CN)c1. The van der Waals surface area contributed by atoms with Crippen molar-refractivity contribution in [2.75, 3.05) is 13.7 Å². The monoisotopic (exact) mass is 297 g/mol. The molecule has 3 heteroatoms. The second-order valence-electron chi connectivity index (χ2n) is 4.85. The first-order valence-electron chi connectivity index (χ1n) is 6.27. The zero-order chi connectivity index (χ0) is 12.3. The van der Waals surface area contributed by atoms with E-state index in [0.29, 0.717) is 5.92 Å². The maximum absolute atomic E-state index is 5.84. The Morgan fingerprint density at radius 2 is 2.12 bits per heavy atom. The van der Waals surface area contributed by atoms with E-state index in [0.717, 1.165) is 24.6 Å². The fourth-order valence-corrected chi connectivity index (χ4v) is 3.22. The molecule has 2 nitrogen and oxygen atoms in total. The van der Waals surface area contributed by atoms with E-state index in [-0.39, 0.29) is 0 Å². The third-order valence-electron chi connectivity index (χ3n) is 3.85. The molecule has 0 amide bonds. The summed E-state index contributed by atoms with van der Waals surface area (Å²) in [6.45, 7) is 0.826. The number of halogens is 1. The van der Waals surface area contributed by atoms with Crippen LogP contribution in [-0.4, -0.2) is 13.7 Å². The van der Waals surface area contributed by atoms with Crippen LogP contribution in [0, 0.1) is 11.8 Å². The van der Waals surface area contributed by atoms with E-state index in [1.165, 1.54) is 29.3 Å². The van der Waals surface area contributed by atoms with Crippen molar-refractivity contribution in [3.63, 3.8) is 0 Å². The number of methoxy groups -OCH3 is 1. The van der Waals surface area contributed by atoms with Crippen molar-refractivity contribution in [2.24, 2.45) is 17.6 Å². The molecule has 1 aliphatic carbocycles. The molecule has 1 saturated carbocycles. The fraction of sp³-hybridized carbons (Fsp3) is 0.571. The van der Waals surface area contributed by atoms with E-state index in [9.17, 15) is 0 Å². The molecular weight excluding hydrogens is 278 g/mol. The Hall–Kier alpha value is -0.540. The molecule has 0 aliphatic heterocycles. The first-order valence-corrected chi connectivity index (χ1v) is 7.06. The van der Waals surface area contributed by atoms with Gasteiger partial charge in [-0.2, -0.15) is 0 Å². The van der Waals surface area contributed by atoms with E-state index >= 15 is 0 Å². The Balaban J connectivity index is 2.12. The summed E-state index contributed by atoms with van der Waals surface area (Å²) in [6, 6.07) is 6.19. The summed E-state index contributed by atoms with van der Waals surface area (Å²) < 4.78 is 6.46. The maximum atomic E-state index is 5.84. The highest BCUT2D eigenvalue weighted by atomic mass is 79.9. The van der Waals surface area contributed by atoms with Crippen LogP contribution in [0.3, 0.4) is 0 Å². The molecule has 1 fully saturated rings. The first-order chi connectivity index (χ1) is 8.24. The summed E-state index contributed by atoms with van der Waals surface area (Å²) in [4.78, 5) is 0. The van der Waals surface area contributed by atoms with Crippen LogP contribution in [0.1, 0.15) is 24.8 Å². The average molecular weight is 298 g/mol. The lowest BCUT2D eigenvalue weighted by Gasteiger charge is -2.18. The first kappa shape index (κ1) is 12.9. The van der Waals surface area contributed by atoms with Crippen LogP contribution in [0.25, 0.3) is 0 Å². The molecule has 2 rings (SSSR count). The van der Waals surface area contributed by atoms with Crippen LogP contribution in [0.15, 0.2) is 22.7 Å². The average Bonchev–Trinajstić information content (AvgIpc) is 2.79. The van der Waals surface area contributed by atoms with E-state index in [4.69, 9.17) is 10.5 Å². The molecule has 94 valence electrons. The topological polar surface area (TPSA) is 35.2 Å². The lowest BCUT2D eigenvalue weighted by Crippen LogP contribution is -2.20. The van der Waals surface area contributed by atoms with Gasteiger partial charge >= 0.3 is 0 Å². The Bertz CT molecular complexity index is 380. The Morgan fingerprint density at radius 3 is 2.82 bits per heavy atom. The highest BCUT2D eigenvalue weighted by Crippen LogP contribution is 2.35. The minimum absolute atomic E-state index is 0.702. The number of ether oxygens (including phenoxy) is 1. The Labute approximate surface area is 112 Å². The normalized spacial score (nSPS) is 23.9. The predicted octanol–water partition coefficient (Wildman–Crippen LogP) is 3.38. The number of rotatable bonds is 4. The van der Waals surface area contributed by atoms with Crippen LogP contribution >= 0.6 is 15.9 Å². The van der Waals surface area contributed by atoms with Gasteiger partial charge in [0.15, 0.2) is 0 Å². The van der Waals surface area contributed by atoms with Crippen molar-refractivity contribution < 1.29 is 4.74 Å². The Kier molecular flexibility index (Phi) is 4.46. The quantitative estimate of drug-likeness (QED) is 0.925. The van der Waals surface area contributed by atoms with Gasteiger partial charge in [0.1, 0.15) is 5.75 Å². The van der Waals surface area contributed by atoms with Crippen molar-refractivity contribution in [1.82, 2.24) is 0 Å². The van der Waals surface area contributed by atoms with Gasteiger partial charge in [0.25, 0.3) is 0 Å². The van der Waals surface area contributed by atoms with Gasteiger partial charge in [0.2, 0.25) is 0 Å². The van der Waals surface area contributed by atoms with Crippen LogP contribution in [0.5, 0.6) is 5.75 Å². The molecule has 1 aromatic rings. The summed E-state index contributed by atoms with van der Waals surface area (Å²) in [6.07, 6.45) is 5.04. The van der Waals surface area contributed by atoms with E-state index in [1.54, 1.807) is 7.11 Å². The summed E-state index contributed by atoms with van der Waals surface area (Å²) in [5, 5.41) is 0. The number of hydrogen-bond acceptors (Lipinski definition) is 2. The second-order valence-corrected chi connectivity index (χ2v) is 5.70. The van der Waals surface area contributed by atoms with E-state index in [1.807, 2.05) is 6.07 Å². The maximum Gasteiger partial charge on any atom is 0.119 e. The zero-order valence-electron chi connectivity index (χ0n) is 10.3. The van der Waals surface area contributed by atoms with Crippen molar-refractivity contribution in [2.45, 2.75) is 25.7 Å². The molecule has 0 spiro atoms. The molecule has 17 heavy (non-hydrogen) atoms. The van der Waals surface area contributed by atoms with Gasteiger partial charge in [-0.1, -0.05) is 22.4 Å². The van der Waals surface area contributed by atoms with Crippen LogP contribution in [-0.2, 0) is 6.42 Å². The lowest BCUT2D eigenvalue weighted by molar-refractivity contribution is 0.390. The molecule has 0 radical (unpaired) electrons. The minimum Gasteiger partial charge on any atom is -0.497 e. The van der Waals surface area contributed by atoms with Gasteiger partial charge in [-0.15, -0.1) is 0 Å². The van der Waals surface area contributed by atoms with Crippen molar-refractivity contribution in [3.05, 3.63) is 28.2 Å². The van der Waals surface area contributed by atoms with E-state index in [2.05, 4.69) is 28.1 Å². The third kappa shape index (κ3) is 3.02. The Morgan fingerprint density at radius 1 is 1.35 bits per heavy atom. The summed E-state index contributed by atoms with van der Waals surface area (Å²) in [5.74, 6) is 2.38. The van der Waals surface area contributed by atoms with Crippen molar-refractivity contribution >= 4 is 15.9 Å². The lowest BCUT2D eigenvalue weighted by atomic mass is 9.90. The van der Waals surface area contributed by atoms with Crippen LogP contribution in [0.2, 0.25) is 0 Å². The van der Waals surface area contributed by atoms with Crippen molar-refractivity contribution in [1.29, 1.82) is 0 Å². The van der Waals surface area contributed by atoms with Gasteiger partial charge in [-0.25, -0.2) is 0 Å². The number of benzene rings is 1. The van der Waals surface area contributed by atoms with Gasteiger partial charge in [-0.3, -0.25) is 0 Å². The fourth-order valence-electron chi connectivity index (χ4n) is 2.81. The summed E-state index contributed by atoms with van der Waals surface area (Å²) in [5.41, 5.74) is 7.18. The predicted molar refractivity (Wildman–Crippen MR) is 74.3 cm³/mol. The van der Waals surface area contributed by atoms with Gasteiger partial charge < -0.3 is 10.5 Å². The largest absolute Gasteiger partial charge is 0.497 e. The van der Waals surface area contributed by atoms with Gasteiger partial charge in [-0.05, 0) is 61.4 Å². The van der Waals surface area contributed by atoms with Crippen LogP contribution in [0.4, 0.5) is 0 Å². The molecule has 2 N–H and O–H groups in total. The van der Waals surface area contributed by atoms with E-state index < -0.39 is 0 Å². The zero-order valence-corrected chi connectivity index (χ0v) is 11.9. The molecule has 0 saturated heterocycles.